The molecule has 0 bridgehead atoms. The van der Waals surface area contributed by atoms with Crippen LogP contribution in [0.2, 0.25) is 0 Å². The van der Waals surface area contributed by atoms with E-state index in [2.05, 4.69) is 26.6 Å². The molecule has 3 aliphatic heterocycles. The predicted molar refractivity (Wildman–Crippen MR) is 260 cm³/mol. The standard InChI is InChI=1S/C48H74N12O12/c1-29(2)40-44(67)50-22-32(49)46(69)59-20-14-12-18-34(59)42(65)52-24-36(61)56(6)27-39(64)58(8)41(30(3)4)45(68)51-23-33(54-48(71)72-28-31-16-10-9-11-17-31)47(70)60-21-15-13-19-35(60)43(66)53-25-37(62)55(5)26-38(63)57(40)7/h9-11,16-17,29-30,32-35,40-41H,12-15,18-28,49H2,1-8H3,(H,50,67)(H,51,68)(H,52,65)(H,53,66)(H,54,71)/t32-,33-,34+,35+,40+,41+/m1/s1. The first-order chi connectivity index (χ1) is 34.0. The van der Waals surface area contributed by atoms with Crippen molar-refractivity contribution in [1.82, 2.24) is 56.0 Å². The molecule has 72 heavy (non-hydrogen) atoms. The number of carbonyl (C=O) groups is 11. The molecular formula is C48H74N12O12. The number of rotatable bonds is 5. The summed E-state index contributed by atoms with van der Waals surface area (Å²) in [4.78, 5) is 157. The highest BCUT2D eigenvalue weighted by molar-refractivity contribution is 5.96. The topological polar surface area (TPSA) is 303 Å². The average Bonchev–Trinajstić information content (AvgIpc) is 3.35. The van der Waals surface area contributed by atoms with Gasteiger partial charge in [0.15, 0.2) is 0 Å². The molecule has 24 heteroatoms. The third-order valence-corrected chi connectivity index (χ3v) is 13.1. The maximum atomic E-state index is 14.5. The van der Waals surface area contributed by atoms with Crippen molar-refractivity contribution in [2.75, 3.05) is 80.5 Å². The number of alkyl carbamates (subject to hydrolysis) is 1. The number of hydrogen-bond donors (Lipinski definition) is 6. The summed E-state index contributed by atoms with van der Waals surface area (Å²) in [5.41, 5.74) is 6.95. The Bertz CT molecular complexity index is 2140. The van der Waals surface area contributed by atoms with Gasteiger partial charge in [0.05, 0.1) is 26.2 Å². The number of nitrogens with two attached hydrogens (primary N) is 1. The van der Waals surface area contributed by atoms with Gasteiger partial charge < -0.3 is 66.5 Å². The van der Waals surface area contributed by atoms with Crippen molar-refractivity contribution < 1.29 is 57.5 Å². The molecule has 0 aromatic heterocycles. The highest BCUT2D eigenvalue weighted by Gasteiger charge is 2.40. The molecule has 11 amide bonds. The quantitative estimate of drug-likeness (QED) is 0.182. The fourth-order valence-corrected chi connectivity index (χ4v) is 8.96. The van der Waals surface area contributed by atoms with Crippen molar-refractivity contribution in [3.63, 3.8) is 0 Å². The van der Waals surface area contributed by atoms with Crippen LogP contribution in [0.5, 0.6) is 0 Å². The van der Waals surface area contributed by atoms with Crippen molar-refractivity contribution in [2.24, 2.45) is 17.6 Å². The first kappa shape index (κ1) is 57.7. The van der Waals surface area contributed by atoms with E-state index in [1.807, 2.05) is 0 Å². The number of likely N-dealkylation sites (N-methyl/N-ethyl adjacent to an activating group) is 4. The summed E-state index contributed by atoms with van der Waals surface area (Å²) in [7, 11) is 5.47. The number of nitrogens with zero attached hydrogens (tertiary/aromatic N) is 6. The first-order valence-corrected chi connectivity index (χ1v) is 24.5. The van der Waals surface area contributed by atoms with Gasteiger partial charge in [-0.15, -0.1) is 0 Å². The molecule has 3 heterocycles. The van der Waals surface area contributed by atoms with Gasteiger partial charge in [-0.1, -0.05) is 58.0 Å². The van der Waals surface area contributed by atoms with Crippen LogP contribution in [0.4, 0.5) is 4.79 Å². The van der Waals surface area contributed by atoms with Crippen LogP contribution < -0.4 is 32.3 Å². The third-order valence-electron chi connectivity index (χ3n) is 13.1. The second-order valence-corrected chi connectivity index (χ2v) is 19.3. The van der Waals surface area contributed by atoms with Gasteiger partial charge in [0.2, 0.25) is 59.1 Å². The van der Waals surface area contributed by atoms with E-state index in [-0.39, 0.29) is 39.1 Å². The maximum absolute atomic E-state index is 14.5. The smallest absolute Gasteiger partial charge is 0.408 e. The van der Waals surface area contributed by atoms with E-state index in [0.29, 0.717) is 31.2 Å². The summed E-state index contributed by atoms with van der Waals surface area (Å²) in [6.07, 6.45) is 1.70. The van der Waals surface area contributed by atoms with Gasteiger partial charge in [0.1, 0.15) is 42.9 Å². The van der Waals surface area contributed by atoms with E-state index in [0.717, 1.165) is 14.7 Å². The molecule has 1 aromatic rings. The van der Waals surface area contributed by atoms with Crippen LogP contribution in [0, 0.1) is 11.8 Å². The molecular weight excluding hydrogens is 937 g/mol. The Morgan fingerprint density at radius 2 is 1.06 bits per heavy atom. The van der Waals surface area contributed by atoms with E-state index >= 15 is 0 Å². The lowest BCUT2D eigenvalue weighted by Crippen LogP contribution is -2.61. The van der Waals surface area contributed by atoms with Gasteiger partial charge in [0, 0.05) is 54.4 Å². The number of nitrogens with one attached hydrogen (secondary N) is 5. The average molecular weight is 1010 g/mol. The second kappa shape index (κ2) is 27.1. The summed E-state index contributed by atoms with van der Waals surface area (Å²) in [5, 5.41) is 13.0. The summed E-state index contributed by atoms with van der Waals surface area (Å²) < 4.78 is 5.41. The molecule has 0 unspecified atom stereocenters. The van der Waals surface area contributed by atoms with Gasteiger partial charge >= 0.3 is 6.09 Å². The number of carbonyl (C=O) groups excluding carboxylic acids is 11. The first-order valence-electron chi connectivity index (χ1n) is 24.5. The molecule has 3 saturated heterocycles. The molecule has 0 spiro atoms. The van der Waals surface area contributed by atoms with Gasteiger partial charge in [0.25, 0.3) is 0 Å². The predicted octanol–water partition coefficient (Wildman–Crippen LogP) is -2.27. The molecule has 398 valence electrons. The van der Waals surface area contributed by atoms with Gasteiger partial charge in [-0.25, -0.2) is 4.79 Å². The highest BCUT2D eigenvalue weighted by atomic mass is 16.5. The lowest BCUT2D eigenvalue weighted by Gasteiger charge is -2.37. The zero-order valence-electron chi connectivity index (χ0n) is 42.8. The van der Waals surface area contributed by atoms with Crippen molar-refractivity contribution in [1.29, 1.82) is 0 Å². The van der Waals surface area contributed by atoms with Crippen LogP contribution in [0.1, 0.15) is 71.8 Å². The van der Waals surface area contributed by atoms with E-state index in [1.54, 1.807) is 58.0 Å². The van der Waals surface area contributed by atoms with Crippen molar-refractivity contribution in [3.8, 4) is 0 Å². The minimum absolute atomic E-state index is 0.0877. The molecule has 0 saturated carbocycles. The van der Waals surface area contributed by atoms with Crippen LogP contribution in [-0.4, -0.2) is 211 Å². The summed E-state index contributed by atoms with van der Waals surface area (Å²) in [5.74, 6) is -7.45. The molecule has 3 fully saturated rings. The molecule has 3 aliphatic rings. The zero-order valence-corrected chi connectivity index (χ0v) is 42.8. The number of amides is 11. The van der Waals surface area contributed by atoms with Crippen LogP contribution in [0.15, 0.2) is 30.3 Å². The molecule has 6 atom stereocenters. The number of ether oxygens (including phenoxy) is 1. The summed E-state index contributed by atoms with van der Waals surface area (Å²) >= 11 is 0. The van der Waals surface area contributed by atoms with E-state index in [9.17, 15) is 52.7 Å². The minimum Gasteiger partial charge on any atom is -0.445 e. The highest BCUT2D eigenvalue weighted by Crippen LogP contribution is 2.21. The van der Waals surface area contributed by atoms with E-state index in [1.165, 1.54) is 42.9 Å². The number of hydrogen-bond acceptors (Lipinski definition) is 13. The monoisotopic (exact) mass is 1010 g/mol. The van der Waals surface area contributed by atoms with E-state index in [4.69, 9.17) is 10.5 Å². The molecule has 0 aliphatic carbocycles. The Morgan fingerprint density at radius 1 is 0.611 bits per heavy atom. The SMILES string of the molecule is CC(C)[C@H]1C(=O)NC[C@@H](NC(=O)OCc2ccccc2)C(=O)N2CCCC[C@H]2C(=O)NCC(=O)N(C)CC(=O)N(C)[C@@H](C(C)C)C(=O)NC[C@@H](N)C(=O)N2CCCC[C@H]2C(=O)NCC(=O)N(C)CC(=O)N1C. The van der Waals surface area contributed by atoms with Crippen LogP contribution in [0.3, 0.4) is 0 Å². The Morgan fingerprint density at radius 3 is 1.51 bits per heavy atom. The largest absolute Gasteiger partial charge is 0.445 e. The zero-order chi connectivity index (χ0) is 53.4. The minimum atomic E-state index is -1.48. The summed E-state index contributed by atoms with van der Waals surface area (Å²) in [6, 6.07) is 1.75. The fourth-order valence-electron chi connectivity index (χ4n) is 8.96. The Hall–Kier alpha value is -6.85. The molecule has 4 rings (SSSR count). The lowest BCUT2D eigenvalue weighted by molar-refractivity contribution is -0.146. The fraction of sp³-hybridized carbons (Fsp3) is 0.646. The lowest BCUT2D eigenvalue weighted by atomic mass is 9.99. The summed E-state index contributed by atoms with van der Waals surface area (Å²) in [6.45, 7) is 4.06. The van der Waals surface area contributed by atoms with E-state index < -0.39 is 146 Å². The number of benzene rings is 1. The Labute approximate surface area is 420 Å². The van der Waals surface area contributed by atoms with Crippen molar-refractivity contribution in [3.05, 3.63) is 35.9 Å². The number of piperidine rings is 2. The second-order valence-electron chi connectivity index (χ2n) is 19.3. The van der Waals surface area contributed by atoms with Gasteiger partial charge in [-0.3, -0.25) is 47.9 Å². The van der Waals surface area contributed by atoms with Crippen LogP contribution in [0.25, 0.3) is 0 Å². The number of fused-ring (bicyclic) bond motifs is 2. The molecule has 0 radical (unpaired) electrons. The normalized spacial score (nSPS) is 25.4. The molecule has 7 N–H and O–H groups in total. The Balaban J connectivity index is 1.62. The Kier molecular flexibility index (Phi) is 21.7. The molecule has 1 aromatic carbocycles. The van der Waals surface area contributed by atoms with Gasteiger partial charge in [-0.2, -0.15) is 0 Å². The van der Waals surface area contributed by atoms with Gasteiger partial charge in [-0.05, 0) is 55.9 Å². The molecule has 24 nitrogen and oxygen atoms in total. The third kappa shape index (κ3) is 15.8. The van der Waals surface area contributed by atoms with Crippen LogP contribution in [-0.2, 0) is 59.3 Å². The van der Waals surface area contributed by atoms with Crippen molar-refractivity contribution in [2.45, 2.75) is 109 Å². The van der Waals surface area contributed by atoms with Crippen molar-refractivity contribution >= 4 is 65.2 Å². The van der Waals surface area contributed by atoms with Crippen LogP contribution >= 0.6 is 0 Å². The maximum Gasteiger partial charge on any atom is 0.408 e.